The van der Waals surface area contributed by atoms with Crippen molar-refractivity contribution in [3.63, 3.8) is 0 Å². The van der Waals surface area contributed by atoms with Crippen LogP contribution in [0.2, 0.25) is 0 Å². The minimum Gasteiger partial charge on any atom is -0.457 e. The number of thioether (sulfide) groups is 1. The molecule has 5 heteroatoms. The summed E-state index contributed by atoms with van der Waals surface area (Å²) in [5.74, 6) is -0.377. The van der Waals surface area contributed by atoms with Crippen LogP contribution in [0.5, 0.6) is 0 Å². The molecule has 0 heterocycles. The normalized spacial score (nSPS) is 10.5. The van der Waals surface area contributed by atoms with Gasteiger partial charge in [0.05, 0.1) is 5.75 Å². The first-order chi connectivity index (χ1) is 11.4. The summed E-state index contributed by atoms with van der Waals surface area (Å²) in [5.41, 5.74) is 3.60. The number of ketones is 1. The third kappa shape index (κ3) is 5.21. The van der Waals surface area contributed by atoms with Crippen LogP contribution in [0.4, 0.5) is 0 Å². The molecule has 0 bridgehead atoms. The van der Waals surface area contributed by atoms with Crippen LogP contribution in [-0.2, 0) is 9.53 Å². The summed E-state index contributed by atoms with van der Waals surface area (Å²) in [6, 6.07) is 11.6. The summed E-state index contributed by atoms with van der Waals surface area (Å²) in [7, 11) is 0. The Morgan fingerprint density at radius 2 is 1.79 bits per heavy atom. The SMILES string of the molecule is Cc1ccc(C)c(C(=O)COC(=O)CSc2ccc(Br)cc2C)c1. The highest BCUT2D eigenvalue weighted by Crippen LogP contribution is 2.25. The van der Waals surface area contributed by atoms with Crippen LogP contribution in [0.1, 0.15) is 27.0 Å². The van der Waals surface area contributed by atoms with Crippen LogP contribution in [0.3, 0.4) is 0 Å². The van der Waals surface area contributed by atoms with Crippen LogP contribution in [0.25, 0.3) is 0 Å². The number of hydrogen-bond acceptors (Lipinski definition) is 4. The quantitative estimate of drug-likeness (QED) is 0.389. The van der Waals surface area contributed by atoms with Crippen molar-refractivity contribution < 1.29 is 14.3 Å². The lowest BCUT2D eigenvalue weighted by Gasteiger charge is -2.08. The number of esters is 1. The molecule has 2 aromatic rings. The number of Topliss-reactive ketones (excluding diaryl/α,β-unsaturated/α-hetero) is 1. The number of carbonyl (C=O) groups excluding carboxylic acids is 2. The first-order valence-electron chi connectivity index (χ1n) is 7.52. The van der Waals surface area contributed by atoms with Gasteiger partial charge >= 0.3 is 5.97 Å². The maximum Gasteiger partial charge on any atom is 0.316 e. The molecule has 0 saturated heterocycles. The number of rotatable bonds is 6. The topological polar surface area (TPSA) is 43.4 Å². The largest absolute Gasteiger partial charge is 0.457 e. The summed E-state index contributed by atoms with van der Waals surface area (Å²) in [4.78, 5) is 25.1. The maximum atomic E-state index is 12.2. The third-order valence-corrected chi connectivity index (χ3v) is 5.18. The zero-order chi connectivity index (χ0) is 17.7. The highest BCUT2D eigenvalue weighted by Gasteiger charge is 2.13. The molecule has 0 fully saturated rings. The Hall–Kier alpha value is -1.59. The van der Waals surface area contributed by atoms with E-state index < -0.39 is 0 Å². The summed E-state index contributed by atoms with van der Waals surface area (Å²) < 4.78 is 6.13. The average Bonchev–Trinajstić information content (AvgIpc) is 2.54. The molecule has 0 unspecified atom stereocenters. The van der Waals surface area contributed by atoms with E-state index in [2.05, 4.69) is 15.9 Å². The molecule has 0 aliphatic rings. The number of benzene rings is 2. The van der Waals surface area contributed by atoms with Gasteiger partial charge in [0.25, 0.3) is 0 Å². The van der Waals surface area contributed by atoms with Gasteiger partial charge in [0.2, 0.25) is 5.78 Å². The molecule has 2 rings (SSSR count). The highest BCUT2D eigenvalue weighted by atomic mass is 79.9. The van der Waals surface area contributed by atoms with E-state index >= 15 is 0 Å². The molecule has 0 radical (unpaired) electrons. The van der Waals surface area contributed by atoms with Gasteiger partial charge < -0.3 is 4.74 Å². The Kier molecular flexibility index (Phi) is 6.63. The van der Waals surface area contributed by atoms with Crippen LogP contribution in [0.15, 0.2) is 45.8 Å². The van der Waals surface area contributed by atoms with E-state index in [1.165, 1.54) is 11.8 Å². The number of carbonyl (C=O) groups is 2. The third-order valence-electron chi connectivity index (χ3n) is 3.54. The second-order valence-electron chi connectivity index (χ2n) is 5.60. The second-order valence-corrected chi connectivity index (χ2v) is 7.53. The Morgan fingerprint density at radius 3 is 2.50 bits per heavy atom. The second kappa shape index (κ2) is 8.49. The Bertz CT molecular complexity index is 771. The lowest BCUT2D eigenvalue weighted by atomic mass is 10.0. The number of hydrogen-bond donors (Lipinski definition) is 0. The van der Waals surface area contributed by atoms with Crippen LogP contribution in [-0.4, -0.2) is 24.1 Å². The van der Waals surface area contributed by atoms with Crippen molar-refractivity contribution in [1.82, 2.24) is 0 Å². The molecule has 0 aliphatic heterocycles. The Balaban J connectivity index is 1.86. The van der Waals surface area contributed by atoms with Gasteiger partial charge in [-0.3, -0.25) is 9.59 Å². The van der Waals surface area contributed by atoms with E-state index in [1.54, 1.807) is 0 Å². The maximum absolute atomic E-state index is 12.2. The minimum atomic E-state index is -0.388. The zero-order valence-corrected chi connectivity index (χ0v) is 16.3. The molecule has 0 N–H and O–H groups in total. The fourth-order valence-electron chi connectivity index (χ4n) is 2.21. The Labute approximate surface area is 154 Å². The minimum absolute atomic E-state index is 0.172. The monoisotopic (exact) mass is 406 g/mol. The fourth-order valence-corrected chi connectivity index (χ4v) is 3.50. The molecule has 24 heavy (non-hydrogen) atoms. The van der Waals surface area contributed by atoms with Gasteiger partial charge in [0, 0.05) is 14.9 Å². The highest BCUT2D eigenvalue weighted by molar-refractivity contribution is 9.10. The van der Waals surface area contributed by atoms with E-state index in [0.29, 0.717) is 5.56 Å². The molecule has 3 nitrogen and oxygen atoms in total. The van der Waals surface area contributed by atoms with Gasteiger partial charge in [-0.2, -0.15) is 0 Å². The molecular weight excluding hydrogens is 388 g/mol. The molecule has 2 aromatic carbocycles. The van der Waals surface area contributed by atoms with Gasteiger partial charge in [-0.1, -0.05) is 33.6 Å². The van der Waals surface area contributed by atoms with E-state index in [4.69, 9.17) is 4.74 Å². The van der Waals surface area contributed by atoms with E-state index in [-0.39, 0.29) is 24.1 Å². The molecule has 0 aromatic heterocycles. The molecule has 0 amide bonds. The Morgan fingerprint density at radius 1 is 1.04 bits per heavy atom. The van der Waals surface area contributed by atoms with Gasteiger partial charge in [-0.05, 0) is 56.2 Å². The van der Waals surface area contributed by atoms with Crippen molar-refractivity contribution >= 4 is 39.4 Å². The predicted octanol–water partition coefficient (Wildman–Crippen LogP) is 4.89. The number of aryl methyl sites for hydroxylation is 3. The van der Waals surface area contributed by atoms with Crippen molar-refractivity contribution in [3.8, 4) is 0 Å². The average molecular weight is 407 g/mol. The van der Waals surface area contributed by atoms with Crippen molar-refractivity contribution in [2.45, 2.75) is 25.7 Å². The standard InChI is InChI=1S/C19H19BrO3S/c1-12-4-5-13(2)16(8-12)17(21)10-23-19(22)11-24-18-7-6-15(20)9-14(18)3/h4-9H,10-11H2,1-3H3. The molecular formula is C19H19BrO3S. The van der Waals surface area contributed by atoms with Crippen molar-refractivity contribution in [2.75, 3.05) is 12.4 Å². The molecule has 0 spiro atoms. The molecule has 126 valence electrons. The fraction of sp³-hybridized carbons (Fsp3) is 0.263. The first kappa shape index (κ1) is 18.7. The predicted molar refractivity (Wildman–Crippen MR) is 101 cm³/mol. The summed E-state index contributed by atoms with van der Waals surface area (Å²) >= 11 is 4.82. The number of halogens is 1. The molecule has 0 atom stereocenters. The molecule has 0 aliphatic carbocycles. The van der Waals surface area contributed by atoms with Crippen LogP contribution >= 0.6 is 27.7 Å². The lowest BCUT2D eigenvalue weighted by molar-refractivity contribution is -0.139. The first-order valence-corrected chi connectivity index (χ1v) is 9.29. The van der Waals surface area contributed by atoms with Gasteiger partial charge in [0.15, 0.2) is 6.61 Å². The van der Waals surface area contributed by atoms with Crippen molar-refractivity contribution in [2.24, 2.45) is 0 Å². The van der Waals surface area contributed by atoms with Gasteiger partial charge in [-0.15, -0.1) is 11.8 Å². The lowest BCUT2D eigenvalue weighted by Crippen LogP contribution is -2.16. The summed E-state index contributed by atoms with van der Waals surface area (Å²) in [5, 5.41) is 0. The summed E-state index contributed by atoms with van der Waals surface area (Å²) in [6.45, 7) is 5.57. The smallest absolute Gasteiger partial charge is 0.316 e. The molecule has 0 saturated carbocycles. The van der Waals surface area contributed by atoms with Gasteiger partial charge in [-0.25, -0.2) is 0 Å². The summed E-state index contributed by atoms with van der Waals surface area (Å²) in [6.07, 6.45) is 0. The zero-order valence-electron chi connectivity index (χ0n) is 13.9. The van der Waals surface area contributed by atoms with Gasteiger partial charge in [0.1, 0.15) is 0 Å². The van der Waals surface area contributed by atoms with Crippen molar-refractivity contribution in [1.29, 1.82) is 0 Å². The number of ether oxygens (including phenoxy) is 1. The van der Waals surface area contributed by atoms with E-state index in [1.807, 2.05) is 57.2 Å². The van der Waals surface area contributed by atoms with Crippen LogP contribution in [0, 0.1) is 20.8 Å². The van der Waals surface area contributed by atoms with E-state index in [0.717, 1.165) is 26.1 Å². The van der Waals surface area contributed by atoms with E-state index in [9.17, 15) is 9.59 Å². The van der Waals surface area contributed by atoms with Crippen molar-refractivity contribution in [3.05, 3.63) is 63.1 Å². The van der Waals surface area contributed by atoms with Crippen LogP contribution < -0.4 is 0 Å².